The molecule has 0 spiro atoms. The summed E-state index contributed by atoms with van der Waals surface area (Å²) in [6.45, 7) is 62.9. The van der Waals surface area contributed by atoms with Crippen LogP contribution in [0.5, 0.6) is 0 Å². The minimum atomic E-state index is -0.391. The number of hydrogen-bond acceptors (Lipinski definition) is 5. The normalized spacial score (nSPS) is 16.2. The van der Waals surface area contributed by atoms with Gasteiger partial charge in [-0.25, -0.2) is 4.79 Å². The number of rotatable bonds is 4. The van der Waals surface area contributed by atoms with Crippen LogP contribution in [0.1, 0.15) is 265 Å². The van der Waals surface area contributed by atoms with Gasteiger partial charge >= 0.3 is 6.09 Å². The Kier molecular flexibility index (Phi) is 29.2. The molecular formula is C56H113NO5. The van der Waals surface area contributed by atoms with E-state index in [2.05, 4.69) is 118 Å². The second kappa shape index (κ2) is 27.0. The van der Waals surface area contributed by atoms with E-state index < -0.39 is 5.60 Å². The van der Waals surface area contributed by atoms with E-state index in [1.165, 1.54) is 32.1 Å². The van der Waals surface area contributed by atoms with Gasteiger partial charge in [0.1, 0.15) is 23.0 Å². The third kappa shape index (κ3) is 33.7. The average molecular weight is 881 g/mol. The summed E-state index contributed by atoms with van der Waals surface area (Å²) in [5.74, 6) is 2.58. The van der Waals surface area contributed by atoms with E-state index in [1.54, 1.807) is 13.8 Å². The molecule has 1 aliphatic heterocycles. The Hall–Kier alpha value is -1.72. The second-order valence-electron chi connectivity index (χ2n) is 27.5. The van der Waals surface area contributed by atoms with Crippen LogP contribution in [-0.4, -0.2) is 47.0 Å². The predicted molar refractivity (Wildman–Crippen MR) is 273 cm³/mol. The largest absolute Gasteiger partial charge is 0.444 e. The minimum Gasteiger partial charge on any atom is -0.444 e. The Labute approximate surface area is 389 Å². The molecule has 2 rings (SSSR count). The summed E-state index contributed by atoms with van der Waals surface area (Å²) in [4.78, 5) is 45.8. The Morgan fingerprint density at radius 2 is 0.839 bits per heavy atom. The number of ketones is 3. The topological polar surface area (TPSA) is 80.8 Å². The fourth-order valence-electron chi connectivity index (χ4n) is 5.62. The highest BCUT2D eigenvalue weighted by molar-refractivity contribution is 5.83. The van der Waals surface area contributed by atoms with E-state index >= 15 is 0 Å². The van der Waals surface area contributed by atoms with E-state index in [-0.39, 0.29) is 33.5 Å². The molecule has 0 bridgehead atoms. The van der Waals surface area contributed by atoms with Gasteiger partial charge in [0.25, 0.3) is 0 Å². The molecule has 0 atom stereocenters. The summed E-state index contributed by atoms with van der Waals surface area (Å²) in [7, 11) is 0. The molecule has 0 aromatic heterocycles. The number of carbonyl (C=O) groups is 4. The quantitative estimate of drug-likeness (QED) is 0.281. The number of ether oxygens (including phenoxy) is 1. The van der Waals surface area contributed by atoms with Gasteiger partial charge in [0.2, 0.25) is 0 Å². The lowest BCUT2D eigenvalue weighted by Crippen LogP contribution is -2.43. The summed E-state index contributed by atoms with van der Waals surface area (Å²) < 4.78 is 5.39. The maximum Gasteiger partial charge on any atom is 0.410 e. The first-order valence-corrected chi connectivity index (χ1v) is 24.6. The van der Waals surface area contributed by atoms with Crippen LogP contribution < -0.4 is 0 Å². The van der Waals surface area contributed by atoms with E-state index in [4.69, 9.17) is 4.74 Å². The van der Waals surface area contributed by atoms with E-state index in [9.17, 15) is 19.2 Å². The summed E-state index contributed by atoms with van der Waals surface area (Å²) >= 11 is 0. The molecule has 6 heteroatoms. The van der Waals surface area contributed by atoms with Crippen molar-refractivity contribution < 1.29 is 23.9 Å². The highest BCUT2D eigenvalue weighted by Crippen LogP contribution is 2.42. The van der Waals surface area contributed by atoms with Gasteiger partial charge in [-0.05, 0) is 111 Å². The van der Waals surface area contributed by atoms with Crippen molar-refractivity contribution in [3.05, 3.63) is 0 Å². The lowest BCUT2D eigenvalue weighted by atomic mass is 9.67. The number of amides is 1. The van der Waals surface area contributed by atoms with E-state index in [0.717, 1.165) is 38.3 Å². The monoisotopic (exact) mass is 880 g/mol. The van der Waals surface area contributed by atoms with E-state index in [1.807, 2.05) is 74.1 Å². The van der Waals surface area contributed by atoms with Gasteiger partial charge in [-0.15, -0.1) is 0 Å². The standard InChI is InChI=1S/C14H27NO2.C11H22O.C10H20.C8H18.C7H14O.C6H12O/c1-13(2,3)11-7-9-15(10-8-11)12(16)17-14(4,5)6;1-9(12)7-8-11(5,6)10(2,3)4;1-10(2,3)9-7-5-4-6-8-9;1-7(2,3)8(4,5)6;1-5-6(8)7(2,3)4;1-5(7)6(2,3)4/h11H,7-10H2,1-6H3;7-8H2,1-6H3;9H,4-8H2,1-3H3;1-6H3;5H2,1-4H3;1-4H3. The van der Waals surface area contributed by atoms with Crippen LogP contribution in [0.4, 0.5) is 4.79 Å². The molecule has 0 N–H and O–H groups in total. The number of carbonyl (C=O) groups excluding carboxylic acids is 4. The molecule has 1 heterocycles. The Balaban J connectivity index is -0.000000336. The molecule has 1 saturated carbocycles. The second-order valence-corrected chi connectivity index (χ2v) is 27.5. The number of Topliss-reactive ketones (excluding diaryl/α,β-unsaturated/α-hetero) is 3. The lowest BCUT2D eigenvalue weighted by Gasteiger charge is -2.39. The summed E-state index contributed by atoms with van der Waals surface area (Å²) in [5, 5.41) is 0. The maximum absolute atomic E-state index is 11.9. The van der Waals surface area contributed by atoms with Crippen molar-refractivity contribution in [2.45, 2.75) is 271 Å². The maximum atomic E-state index is 11.9. The van der Waals surface area contributed by atoms with Crippen LogP contribution in [0.2, 0.25) is 0 Å². The SMILES string of the molecule is CC(=O)C(C)(C)C.CC(=O)CCC(C)(C)C(C)(C)C.CC(C)(C)C(C)(C)C.CC(C)(C)C1CCCCC1.CC(C)(C)OC(=O)N1CCC(C(C)(C)C)CC1.CCC(=O)C(C)(C)C. The Bertz CT molecular complexity index is 1240. The number of hydrogen-bond donors (Lipinski definition) is 0. The molecular weight excluding hydrogens is 767 g/mol. The third-order valence-electron chi connectivity index (χ3n) is 13.8. The van der Waals surface area contributed by atoms with Gasteiger partial charge in [0, 0.05) is 36.8 Å². The third-order valence-corrected chi connectivity index (χ3v) is 13.8. The zero-order valence-electron chi connectivity index (χ0n) is 47.6. The molecule has 62 heavy (non-hydrogen) atoms. The van der Waals surface area contributed by atoms with Gasteiger partial charge < -0.3 is 14.4 Å². The van der Waals surface area contributed by atoms with Gasteiger partial charge in [-0.1, -0.05) is 185 Å². The van der Waals surface area contributed by atoms with Crippen LogP contribution in [-0.2, 0) is 19.1 Å². The van der Waals surface area contributed by atoms with Gasteiger partial charge in [0.15, 0.2) is 0 Å². The van der Waals surface area contributed by atoms with E-state index in [0.29, 0.717) is 52.0 Å². The Morgan fingerprint density at radius 1 is 0.500 bits per heavy atom. The average Bonchev–Trinajstić information content (AvgIpc) is 3.05. The molecule has 0 radical (unpaired) electrons. The van der Waals surface area contributed by atoms with Gasteiger partial charge in [0.05, 0.1) is 0 Å². The number of likely N-dealkylation sites (tertiary alicyclic amines) is 1. The number of nitrogens with zero attached hydrogens (tertiary/aromatic N) is 1. The zero-order chi connectivity index (χ0) is 50.7. The van der Waals surface area contributed by atoms with Crippen molar-refractivity contribution >= 4 is 23.4 Å². The Morgan fingerprint density at radius 3 is 1.03 bits per heavy atom. The predicted octanol–water partition coefficient (Wildman–Crippen LogP) is 17.4. The fraction of sp³-hybridized carbons (Fsp3) is 0.929. The van der Waals surface area contributed by atoms with Gasteiger partial charge in [-0.3, -0.25) is 9.59 Å². The van der Waals surface area contributed by atoms with Crippen LogP contribution >= 0.6 is 0 Å². The van der Waals surface area contributed by atoms with Crippen molar-refractivity contribution in [1.82, 2.24) is 4.90 Å². The fourth-order valence-corrected chi connectivity index (χ4v) is 5.62. The lowest BCUT2D eigenvalue weighted by molar-refractivity contribution is -0.126. The first-order chi connectivity index (χ1) is 27.0. The minimum absolute atomic E-state index is 0.130. The summed E-state index contributed by atoms with van der Waals surface area (Å²) in [6, 6.07) is 0. The summed E-state index contributed by atoms with van der Waals surface area (Å²) in [5.41, 5.74) is 1.66. The molecule has 0 aromatic carbocycles. The molecule has 2 fully saturated rings. The van der Waals surface area contributed by atoms with Crippen molar-refractivity contribution in [1.29, 1.82) is 0 Å². The molecule has 1 aliphatic carbocycles. The number of piperidine rings is 1. The molecule has 372 valence electrons. The zero-order valence-corrected chi connectivity index (χ0v) is 47.6. The highest BCUT2D eigenvalue weighted by atomic mass is 16.6. The molecule has 2 aliphatic rings. The molecule has 6 nitrogen and oxygen atoms in total. The molecule has 1 saturated heterocycles. The van der Waals surface area contributed by atoms with Crippen LogP contribution in [0.15, 0.2) is 0 Å². The van der Waals surface area contributed by atoms with Crippen LogP contribution in [0, 0.1) is 55.2 Å². The molecule has 0 unspecified atom stereocenters. The van der Waals surface area contributed by atoms with Crippen molar-refractivity contribution in [2.24, 2.45) is 55.2 Å². The van der Waals surface area contributed by atoms with Crippen LogP contribution in [0.25, 0.3) is 0 Å². The van der Waals surface area contributed by atoms with Crippen molar-refractivity contribution in [2.75, 3.05) is 13.1 Å². The van der Waals surface area contributed by atoms with Crippen molar-refractivity contribution in [3.63, 3.8) is 0 Å². The molecule has 1 amide bonds. The smallest absolute Gasteiger partial charge is 0.410 e. The first kappa shape index (κ1) is 66.9. The van der Waals surface area contributed by atoms with Crippen LogP contribution in [0.3, 0.4) is 0 Å². The van der Waals surface area contributed by atoms with Crippen molar-refractivity contribution in [3.8, 4) is 0 Å². The van der Waals surface area contributed by atoms with Gasteiger partial charge in [-0.2, -0.15) is 0 Å². The molecule has 0 aromatic rings. The highest BCUT2D eigenvalue weighted by Gasteiger charge is 2.33. The first-order valence-electron chi connectivity index (χ1n) is 24.6. The summed E-state index contributed by atoms with van der Waals surface area (Å²) in [6.07, 6.45) is 11.7.